The second-order valence-corrected chi connectivity index (χ2v) is 6.80. The minimum Gasteiger partial charge on any atom is -0.339 e. The van der Waals surface area contributed by atoms with Crippen molar-refractivity contribution in [3.05, 3.63) is 48.3 Å². The van der Waals surface area contributed by atoms with E-state index < -0.39 is 6.04 Å². The first-order valence-electron chi connectivity index (χ1n) is 8.75. The van der Waals surface area contributed by atoms with Crippen LogP contribution in [0.4, 0.5) is 0 Å². The predicted molar refractivity (Wildman–Crippen MR) is 92.9 cm³/mol. The number of carbonyl (C=O) groups excluding carboxylic acids is 2. The van der Waals surface area contributed by atoms with E-state index in [9.17, 15) is 14.9 Å². The standard InChI is InChI=1S/C19H19N5O2/c20-9-17(14-10-21-24(12-14)16-4-2-1-3-5-16)22-19(26)13-8-18(25)23(11-13)15-6-7-15/h1-5,10,12-13,15,17H,6-8,11H2,(H,22,26)/t13-,17+/m0/s1. The van der Waals surface area contributed by atoms with Crippen molar-refractivity contribution in [2.75, 3.05) is 6.54 Å². The average Bonchev–Trinajstić information content (AvgIpc) is 3.25. The zero-order valence-corrected chi connectivity index (χ0v) is 14.2. The summed E-state index contributed by atoms with van der Waals surface area (Å²) in [5, 5.41) is 16.5. The normalized spacial score (nSPS) is 20.7. The fourth-order valence-electron chi connectivity index (χ4n) is 3.30. The largest absolute Gasteiger partial charge is 0.339 e. The SMILES string of the molecule is N#C[C@@H](NC(=O)[C@H]1CC(=O)N(C2CC2)C1)c1cnn(-c2ccccc2)c1. The molecule has 132 valence electrons. The summed E-state index contributed by atoms with van der Waals surface area (Å²) in [7, 11) is 0. The molecule has 1 aromatic heterocycles. The van der Waals surface area contributed by atoms with Crippen molar-refractivity contribution in [1.29, 1.82) is 5.26 Å². The molecule has 7 nitrogen and oxygen atoms in total. The number of rotatable bonds is 5. The Morgan fingerprint density at radius 3 is 2.77 bits per heavy atom. The zero-order chi connectivity index (χ0) is 18.1. The van der Waals surface area contributed by atoms with Crippen LogP contribution < -0.4 is 5.32 Å². The van der Waals surface area contributed by atoms with Crippen molar-refractivity contribution in [1.82, 2.24) is 20.0 Å². The molecule has 26 heavy (non-hydrogen) atoms. The smallest absolute Gasteiger partial charge is 0.226 e. The Kier molecular flexibility index (Phi) is 4.17. The molecule has 7 heteroatoms. The van der Waals surface area contributed by atoms with Gasteiger partial charge in [0, 0.05) is 30.8 Å². The Labute approximate surface area is 151 Å². The third-order valence-electron chi connectivity index (χ3n) is 4.89. The zero-order valence-electron chi connectivity index (χ0n) is 14.2. The van der Waals surface area contributed by atoms with Gasteiger partial charge in [0.25, 0.3) is 0 Å². The van der Waals surface area contributed by atoms with Crippen LogP contribution >= 0.6 is 0 Å². The van der Waals surface area contributed by atoms with Crippen LogP contribution in [-0.2, 0) is 9.59 Å². The molecule has 0 spiro atoms. The Morgan fingerprint density at radius 2 is 2.08 bits per heavy atom. The van der Waals surface area contributed by atoms with Gasteiger partial charge in [-0.1, -0.05) is 18.2 Å². The Morgan fingerprint density at radius 1 is 1.31 bits per heavy atom. The maximum Gasteiger partial charge on any atom is 0.226 e. The number of hydrogen-bond donors (Lipinski definition) is 1. The number of likely N-dealkylation sites (tertiary alicyclic amines) is 1. The van der Waals surface area contributed by atoms with E-state index in [1.165, 1.54) is 0 Å². The number of para-hydroxylation sites is 1. The lowest BCUT2D eigenvalue weighted by Gasteiger charge is -2.16. The maximum atomic E-state index is 12.5. The molecular weight excluding hydrogens is 330 g/mol. The molecule has 2 atom stereocenters. The van der Waals surface area contributed by atoms with E-state index in [0.717, 1.165) is 18.5 Å². The molecule has 2 fully saturated rings. The molecule has 2 amide bonds. The second-order valence-electron chi connectivity index (χ2n) is 6.80. The van der Waals surface area contributed by atoms with E-state index in [-0.39, 0.29) is 24.2 Å². The fourth-order valence-corrected chi connectivity index (χ4v) is 3.30. The van der Waals surface area contributed by atoms with Gasteiger partial charge in [-0.3, -0.25) is 9.59 Å². The third-order valence-corrected chi connectivity index (χ3v) is 4.89. The van der Waals surface area contributed by atoms with Crippen molar-refractivity contribution in [2.24, 2.45) is 5.92 Å². The summed E-state index contributed by atoms with van der Waals surface area (Å²) in [5.41, 5.74) is 1.50. The van der Waals surface area contributed by atoms with Crippen LogP contribution in [0.15, 0.2) is 42.7 Å². The van der Waals surface area contributed by atoms with Gasteiger partial charge in [-0.05, 0) is 25.0 Å². The Hall–Kier alpha value is -3.14. The highest BCUT2D eigenvalue weighted by Crippen LogP contribution is 2.32. The first-order valence-corrected chi connectivity index (χ1v) is 8.75. The quantitative estimate of drug-likeness (QED) is 0.887. The van der Waals surface area contributed by atoms with Gasteiger partial charge in [-0.15, -0.1) is 0 Å². The molecule has 0 radical (unpaired) electrons. The molecule has 2 aliphatic rings. The van der Waals surface area contributed by atoms with Crippen molar-refractivity contribution in [2.45, 2.75) is 31.3 Å². The van der Waals surface area contributed by atoms with E-state index in [0.29, 0.717) is 18.2 Å². The molecule has 4 rings (SSSR count). The number of nitrogens with zero attached hydrogens (tertiary/aromatic N) is 4. The number of benzene rings is 1. The summed E-state index contributed by atoms with van der Waals surface area (Å²) < 4.78 is 1.67. The van der Waals surface area contributed by atoms with Gasteiger partial charge < -0.3 is 10.2 Å². The van der Waals surface area contributed by atoms with Gasteiger partial charge in [0.05, 0.1) is 23.9 Å². The molecule has 1 saturated heterocycles. The molecule has 1 saturated carbocycles. The highest BCUT2D eigenvalue weighted by atomic mass is 16.2. The predicted octanol–water partition coefficient (Wildman–Crippen LogP) is 1.56. The van der Waals surface area contributed by atoms with E-state index >= 15 is 0 Å². The Bertz CT molecular complexity index is 866. The average molecular weight is 349 g/mol. The topological polar surface area (TPSA) is 91.0 Å². The highest BCUT2D eigenvalue weighted by Gasteiger charge is 2.42. The van der Waals surface area contributed by atoms with Gasteiger partial charge in [0.1, 0.15) is 6.04 Å². The highest BCUT2D eigenvalue weighted by molar-refractivity contribution is 5.89. The summed E-state index contributed by atoms with van der Waals surface area (Å²) in [6, 6.07) is 11.2. The van der Waals surface area contributed by atoms with Gasteiger partial charge in [-0.2, -0.15) is 10.4 Å². The molecule has 2 aromatic rings. The maximum absolute atomic E-state index is 12.5. The number of hydrogen-bond acceptors (Lipinski definition) is 4. The van der Waals surface area contributed by atoms with Crippen molar-refractivity contribution < 1.29 is 9.59 Å². The first-order chi connectivity index (χ1) is 12.7. The van der Waals surface area contributed by atoms with Crippen LogP contribution in [0.25, 0.3) is 5.69 Å². The van der Waals surface area contributed by atoms with Crippen LogP contribution in [0.5, 0.6) is 0 Å². The summed E-state index contributed by atoms with van der Waals surface area (Å²) in [6.07, 6.45) is 5.60. The lowest BCUT2D eigenvalue weighted by atomic mass is 10.1. The number of aromatic nitrogens is 2. The molecule has 1 N–H and O–H groups in total. The van der Waals surface area contributed by atoms with Crippen LogP contribution in [0, 0.1) is 17.2 Å². The van der Waals surface area contributed by atoms with Gasteiger partial charge in [0.15, 0.2) is 0 Å². The minimum atomic E-state index is -0.787. The number of nitrogens with one attached hydrogen (secondary N) is 1. The van der Waals surface area contributed by atoms with Crippen molar-refractivity contribution >= 4 is 11.8 Å². The van der Waals surface area contributed by atoms with Gasteiger partial charge in [-0.25, -0.2) is 4.68 Å². The van der Waals surface area contributed by atoms with Gasteiger partial charge in [0.2, 0.25) is 11.8 Å². The summed E-state index contributed by atoms with van der Waals surface area (Å²) >= 11 is 0. The second kappa shape index (κ2) is 6.64. The third kappa shape index (κ3) is 3.18. The molecule has 1 aliphatic carbocycles. The summed E-state index contributed by atoms with van der Waals surface area (Å²) in [4.78, 5) is 26.4. The van der Waals surface area contributed by atoms with E-state index in [1.807, 2.05) is 30.3 Å². The molecule has 0 unspecified atom stereocenters. The summed E-state index contributed by atoms with van der Waals surface area (Å²) in [5.74, 6) is -0.596. The number of amides is 2. The van der Waals surface area contributed by atoms with Crippen molar-refractivity contribution in [3.63, 3.8) is 0 Å². The number of nitriles is 1. The first kappa shape index (κ1) is 16.3. The van der Waals surface area contributed by atoms with Crippen LogP contribution in [0.2, 0.25) is 0 Å². The van der Waals surface area contributed by atoms with Crippen LogP contribution in [-0.4, -0.2) is 39.1 Å². The molecule has 0 bridgehead atoms. The summed E-state index contributed by atoms with van der Waals surface area (Å²) in [6.45, 7) is 0.455. The van der Waals surface area contributed by atoms with Crippen molar-refractivity contribution in [3.8, 4) is 11.8 Å². The van der Waals surface area contributed by atoms with Gasteiger partial charge >= 0.3 is 0 Å². The molecule has 2 heterocycles. The molecular formula is C19H19N5O2. The lowest BCUT2D eigenvalue weighted by molar-refractivity contribution is -0.129. The number of carbonyl (C=O) groups is 2. The monoisotopic (exact) mass is 349 g/mol. The van der Waals surface area contributed by atoms with E-state index in [2.05, 4.69) is 16.5 Å². The lowest BCUT2D eigenvalue weighted by Crippen LogP contribution is -2.35. The molecule has 1 aromatic carbocycles. The van der Waals surface area contributed by atoms with E-state index in [4.69, 9.17) is 0 Å². The Balaban J connectivity index is 1.43. The minimum absolute atomic E-state index is 0.0399. The molecule has 1 aliphatic heterocycles. The fraction of sp³-hybridized carbons (Fsp3) is 0.368. The van der Waals surface area contributed by atoms with Crippen LogP contribution in [0.1, 0.15) is 30.9 Å². The van der Waals surface area contributed by atoms with Crippen LogP contribution in [0.3, 0.4) is 0 Å². The van der Waals surface area contributed by atoms with E-state index in [1.54, 1.807) is 22.0 Å².